The lowest BCUT2D eigenvalue weighted by atomic mass is 10.3. The molecular formula is C12H18ClNO2. The summed E-state index contributed by atoms with van der Waals surface area (Å²) in [6.45, 7) is 4.88. The van der Waals surface area contributed by atoms with Crippen molar-refractivity contribution in [2.75, 3.05) is 13.2 Å². The maximum atomic E-state index is 9.60. The molecule has 0 aliphatic carbocycles. The summed E-state index contributed by atoms with van der Waals surface area (Å²) in [5.41, 5.74) is 0. The smallest absolute Gasteiger partial charge is 0.119 e. The molecule has 0 bridgehead atoms. The lowest BCUT2D eigenvalue weighted by molar-refractivity contribution is 0.104. The van der Waals surface area contributed by atoms with E-state index in [0.29, 0.717) is 23.4 Å². The highest BCUT2D eigenvalue weighted by Gasteiger charge is 2.05. The fourth-order valence-electron chi connectivity index (χ4n) is 1.15. The van der Waals surface area contributed by atoms with Gasteiger partial charge in [-0.05, 0) is 24.3 Å². The maximum absolute atomic E-state index is 9.60. The largest absolute Gasteiger partial charge is 0.491 e. The molecule has 0 amide bonds. The Hall–Kier alpha value is -0.770. The van der Waals surface area contributed by atoms with Crippen LogP contribution in [0.5, 0.6) is 5.75 Å². The predicted octanol–water partition coefficient (Wildman–Crippen LogP) is 2.08. The Morgan fingerprint density at radius 1 is 1.31 bits per heavy atom. The molecule has 0 radical (unpaired) electrons. The highest BCUT2D eigenvalue weighted by molar-refractivity contribution is 6.30. The topological polar surface area (TPSA) is 41.5 Å². The molecule has 2 N–H and O–H groups in total. The number of aliphatic hydroxyl groups is 1. The summed E-state index contributed by atoms with van der Waals surface area (Å²) in [5.74, 6) is 0.716. The molecule has 0 spiro atoms. The third-order valence-corrected chi connectivity index (χ3v) is 2.27. The van der Waals surface area contributed by atoms with Gasteiger partial charge in [0.05, 0.1) is 0 Å². The van der Waals surface area contributed by atoms with Crippen LogP contribution >= 0.6 is 11.6 Å². The summed E-state index contributed by atoms with van der Waals surface area (Å²) in [4.78, 5) is 0. The van der Waals surface area contributed by atoms with Crippen molar-refractivity contribution in [3.8, 4) is 5.75 Å². The molecule has 1 atom stereocenters. The van der Waals surface area contributed by atoms with Crippen LogP contribution in [0.15, 0.2) is 24.3 Å². The zero-order valence-electron chi connectivity index (χ0n) is 9.61. The van der Waals surface area contributed by atoms with E-state index in [1.165, 1.54) is 0 Å². The molecular weight excluding hydrogens is 226 g/mol. The van der Waals surface area contributed by atoms with Gasteiger partial charge in [0, 0.05) is 17.6 Å². The van der Waals surface area contributed by atoms with Gasteiger partial charge in [-0.15, -0.1) is 0 Å². The van der Waals surface area contributed by atoms with Gasteiger partial charge in [-0.1, -0.05) is 25.4 Å². The summed E-state index contributed by atoms with van der Waals surface area (Å²) in [5, 5.41) is 13.4. The predicted molar refractivity (Wildman–Crippen MR) is 66.1 cm³/mol. The molecule has 4 heteroatoms. The quantitative estimate of drug-likeness (QED) is 0.804. The number of rotatable bonds is 6. The first kappa shape index (κ1) is 13.3. The first-order valence-electron chi connectivity index (χ1n) is 5.37. The van der Waals surface area contributed by atoms with Crippen LogP contribution in [-0.2, 0) is 0 Å². The zero-order chi connectivity index (χ0) is 12.0. The second-order valence-electron chi connectivity index (χ2n) is 3.98. The minimum atomic E-state index is -0.502. The third-order valence-electron chi connectivity index (χ3n) is 2.02. The van der Waals surface area contributed by atoms with E-state index in [9.17, 15) is 5.11 Å². The number of nitrogens with one attached hydrogen (secondary N) is 1. The van der Waals surface area contributed by atoms with E-state index in [0.717, 1.165) is 0 Å². The van der Waals surface area contributed by atoms with Crippen LogP contribution < -0.4 is 10.1 Å². The molecule has 0 heterocycles. The van der Waals surface area contributed by atoms with Gasteiger partial charge in [0.25, 0.3) is 0 Å². The normalized spacial score (nSPS) is 12.8. The molecule has 90 valence electrons. The number of ether oxygens (including phenoxy) is 1. The SMILES string of the molecule is CC(C)NC[C@H](O)COc1ccc(Cl)cc1. The molecule has 0 fully saturated rings. The number of halogens is 1. The molecule has 0 saturated carbocycles. The fourth-order valence-corrected chi connectivity index (χ4v) is 1.28. The molecule has 0 aromatic heterocycles. The molecule has 16 heavy (non-hydrogen) atoms. The highest BCUT2D eigenvalue weighted by atomic mass is 35.5. The second-order valence-corrected chi connectivity index (χ2v) is 4.42. The van der Waals surface area contributed by atoms with Gasteiger partial charge in [-0.25, -0.2) is 0 Å². The van der Waals surface area contributed by atoms with E-state index >= 15 is 0 Å². The molecule has 0 aliphatic rings. The van der Waals surface area contributed by atoms with Crippen molar-refractivity contribution in [3.63, 3.8) is 0 Å². The van der Waals surface area contributed by atoms with Crippen molar-refractivity contribution in [2.45, 2.75) is 26.0 Å². The van der Waals surface area contributed by atoms with Crippen molar-refractivity contribution in [1.29, 1.82) is 0 Å². The Labute approximate surface area is 101 Å². The van der Waals surface area contributed by atoms with Crippen LogP contribution in [-0.4, -0.2) is 30.4 Å². The lowest BCUT2D eigenvalue weighted by Crippen LogP contribution is -2.35. The van der Waals surface area contributed by atoms with Gasteiger partial charge < -0.3 is 15.2 Å². The van der Waals surface area contributed by atoms with Crippen molar-refractivity contribution < 1.29 is 9.84 Å². The highest BCUT2D eigenvalue weighted by Crippen LogP contribution is 2.15. The Morgan fingerprint density at radius 3 is 2.50 bits per heavy atom. The lowest BCUT2D eigenvalue weighted by Gasteiger charge is -2.14. The minimum absolute atomic E-state index is 0.279. The Balaban J connectivity index is 2.26. The first-order valence-corrected chi connectivity index (χ1v) is 5.75. The number of benzene rings is 1. The summed E-state index contributed by atoms with van der Waals surface area (Å²) < 4.78 is 5.41. The molecule has 0 saturated heterocycles. The second kappa shape index (κ2) is 6.74. The van der Waals surface area contributed by atoms with Gasteiger partial charge in [-0.2, -0.15) is 0 Å². The van der Waals surface area contributed by atoms with Crippen molar-refractivity contribution in [1.82, 2.24) is 5.32 Å². The molecule has 1 rings (SSSR count). The Morgan fingerprint density at radius 2 is 1.94 bits per heavy atom. The average Bonchev–Trinajstić information content (AvgIpc) is 2.25. The first-order chi connectivity index (χ1) is 7.58. The van der Waals surface area contributed by atoms with Crippen molar-refractivity contribution >= 4 is 11.6 Å². The van der Waals surface area contributed by atoms with Gasteiger partial charge in [0.2, 0.25) is 0 Å². The van der Waals surface area contributed by atoms with Crippen LogP contribution in [0.1, 0.15) is 13.8 Å². The Bertz CT molecular complexity index is 300. The fraction of sp³-hybridized carbons (Fsp3) is 0.500. The van der Waals surface area contributed by atoms with E-state index in [-0.39, 0.29) is 6.61 Å². The van der Waals surface area contributed by atoms with Crippen LogP contribution in [0.25, 0.3) is 0 Å². The third kappa shape index (κ3) is 5.35. The van der Waals surface area contributed by atoms with Crippen molar-refractivity contribution in [3.05, 3.63) is 29.3 Å². The van der Waals surface area contributed by atoms with Gasteiger partial charge in [0.1, 0.15) is 18.5 Å². The number of aliphatic hydroxyl groups excluding tert-OH is 1. The van der Waals surface area contributed by atoms with E-state index in [4.69, 9.17) is 16.3 Å². The van der Waals surface area contributed by atoms with E-state index < -0.39 is 6.10 Å². The molecule has 0 unspecified atom stereocenters. The summed E-state index contributed by atoms with van der Waals surface area (Å²) in [7, 11) is 0. The van der Waals surface area contributed by atoms with E-state index in [1.54, 1.807) is 24.3 Å². The van der Waals surface area contributed by atoms with Crippen LogP contribution in [0, 0.1) is 0 Å². The van der Waals surface area contributed by atoms with Crippen LogP contribution in [0.4, 0.5) is 0 Å². The van der Waals surface area contributed by atoms with E-state index in [2.05, 4.69) is 5.32 Å². The molecule has 3 nitrogen and oxygen atoms in total. The molecule has 1 aromatic rings. The number of hydrogen-bond acceptors (Lipinski definition) is 3. The molecule has 1 aromatic carbocycles. The van der Waals surface area contributed by atoms with Gasteiger partial charge in [0.15, 0.2) is 0 Å². The van der Waals surface area contributed by atoms with Gasteiger partial charge in [-0.3, -0.25) is 0 Å². The van der Waals surface area contributed by atoms with E-state index in [1.807, 2.05) is 13.8 Å². The van der Waals surface area contributed by atoms with Crippen LogP contribution in [0.2, 0.25) is 5.02 Å². The standard InChI is InChI=1S/C12H18ClNO2/c1-9(2)14-7-11(15)8-16-12-5-3-10(13)4-6-12/h3-6,9,11,14-15H,7-8H2,1-2H3/t11-/m0/s1. The minimum Gasteiger partial charge on any atom is -0.491 e. The monoisotopic (exact) mass is 243 g/mol. The van der Waals surface area contributed by atoms with Gasteiger partial charge >= 0.3 is 0 Å². The molecule has 0 aliphatic heterocycles. The Kier molecular flexibility index (Phi) is 5.60. The summed E-state index contributed by atoms with van der Waals surface area (Å²) in [6, 6.07) is 7.45. The summed E-state index contributed by atoms with van der Waals surface area (Å²) >= 11 is 5.74. The van der Waals surface area contributed by atoms with Crippen LogP contribution in [0.3, 0.4) is 0 Å². The zero-order valence-corrected chi connectivity index (χ0v) is 10.4. The summed E-state index contributed by atoms with van der Waals surface area (Å²) in [6.07, 6.45) is -0.502. The van der Waals surface area contributed by atoms with Crippen molar-refractivity contribution in [2.24, 2.45) is 0 Å². The number of hydrogen-bond donors (Lipinski definition) is 2. The maximum Gasteiger partial charge on any atom is 0.119 e. The average molecular weight is 244 g/mol.